The van der Waals surface area contributed by atoms with Gasteiger partial charge in [0.1, 0.15) is 13.2 Å². The molecule has 0 fully saturated rings. The van der Waals surface area contributed by atoms with Crippen molar-refractivity contribution in [3.63, 3.8) is 0 Å². The fourth-order valence-electron chi connectivity index (χ4n) is 2.32. The van der Waals surface area contributed by atoms with Crippen molar-refractivity contribution >= 4 is 5.95 Å². The monoisotopic (exact) mass is 316 g/mol. The van der Waals surface area contributed by atoms with E-state index in [1.807, 2.05) is 12.1 Å². The zero-order chi connectivity index (χ0) is 15.9. The molecule has 0 spiro atoms. The zero-order valence-corrected chi connectivity index (χ0v) is 13.0. The van der Waals surface area contributed by atoms with E-state index in [4.69, 9.17) is 14.2 Å². The zero-order valence-electron chi connectivity index (χ0n) is 13.0. The maximum Gasteiger partial charge on any atom is 0.222 e. The number of nitrogens with zero attached hydrogens (tertiary/aromatic N) is 2. The van der Waals surface area contributed by atoms with Crippen LogP contribution in [-0.2, 0) is 6.54 Å². The molecule has 7 heteroatoms. The van der Waals surface area contributed by atoms with Gasteiger partial charge in [-0.25, -0.2) is 9.97 Å². The third kappa shape index (κ3) is 4.01. The SMILES string of the molecule is COc1cc(CNCCNc2ncccn2)cc2c1OCCO2. The van der Waals surface area contributed by atoms with Gasteiger partial charge in [-0.05, 0) is 23.8 Å². The van der Waals surface area contributed by atoms with Gasteiger partial charge in [0.15, 0.2) is 11.5 Å². The van der Waals surface area contributed by atoms with Crippen LogP contribution in [0.15, 0.2) is 30.6 Å². The van der Waals surface area contributed by atoms with Crippen LogP contribution >= 0.6 is 0 Å². The van der Waals surface area contributed by atoms with Gasteiger partial charge in [0.05, 0.1) is 7.11 Å². The van der Waals surface area contributed by atoms with Crippen LogP contribution in [0.2, 0.25) is 0 Å². The molecule has 2 heterocycles. The molecule has 0 amide bonds. The summed E-state index contributed by atoms with van der Waals surface area (Å²) in [6.07, 6.45) is 3.43. The van der Waals surface area contributed by atoms with Crippen LogP contribution in [0.25, 0.3) is 0 Å². The van der Waals surface area contributed by atoms with Crippen LogP contribution in [0.4, 0.5) is 5.95 Å². The molecule has 3 rings (SSSR count). The molecule has 0 aliphatic carbocycles. The Morgan fingerprint density at radius 2 is 1.96 bits per heavy atom. The minimum absolute atomic E-state index is 0.550. The highest BCUT2D eigenvalue weighted by molar-refractivity contribution is 5.54. The molecule has 0 saturated carbocycles. The molecule has 2 N–H and O–H groups in total. The van der Waals surface area contributed by atoms with Gasteiger partial charge in [0.25, 0.3) is 0 Å². The molecule has 1 aromatic carbocycles. The Morgan fingerprint density at radius 3 is 2.78 bits per heavy atom. The number of rotatable bonds is 7. The van der Waals surface area contributed by atoms with Crippen molar-refractivity contribution in [3.05, 3.63) is 36.2 Å². The van der Waals surface area contributed by atoms with E-state index in [1.165, 1.54) is 0 Å². The molecule has 1 aromatic heterocycles. The van der Waals surface area contributed by atoms with E-state index in [0.29, 0.717) is 37.2 Å². The van der Waals surface area contributed by atoms with Gasteiger partial charge in [0.2, 0.25) is 11.7 Å². The van der Waals surface area contributed by atoms with Crippen LogP contribution in [0.1, 0.15) is 5.56 Å². The van der Waals surface area contributed by atoms with Crippen LogP contribution in [0.5, 0.6) is 17.2 Å². The number of hydrogen-bond donors (Lipinski definition) is 2. The van der Waals surface area contributed by atoms with Crippen molar-refractivity contribution in [2.45, 2.75) is 6.54 Å². The average Bonchev–Trinajstić information content (AvgIpc) is 2.61. The van der Waals surface area contributed by atoms with Gasteiger partial charge >= 0.3 is 0 Å². The van der Waals surface area contributed by atoms with E-state index < -0.39 is 0 Å². The van der Waals surface area contributed by atoms with Crippen LogP contribution in [0.3, 0.4) is 0 Å². The number of anilines is 1. The lowest BCUT2D eigenvalue weighted by molar-refractivity contribution is 0.165. The quantitative estimate of drug-likeness (QED) is 0.749. The van der Waals surface area contributed by atoms with Gasteiger partial charge in [-0.2, -0.15) is 0 Å². The first kappa shape index (κ1) is 15.4. The van der Waals surface area contributed by atoms with Crippen molar-refractivity contribution in [3.8, 4) is 17.2 Å². The third-order valence-electron chi connectivity index (χ3n) is 3.37. The highest BCUT2D eigenvalue weighted by Gasteiger charge is 2.18. The van der Waals surface area contributed by atoms with Gasteiger partial charge in [0, 0.05) is 32.0 Å². The minimum atomic E-state index is 0.550. The molecule has 23 heavy (non-hydrogen) atoms. The van der Waals surface area contributed by atoms with E-state index in [1.54, 1.807) is 25.6 Å². The van der Waals surface area contributed by atoms with Crippen molar-refractivity contribution in [2.24, 2.45) is 0 Å². The normalized spacial score (nSPS) is 12.7. The summed E-state index contributed by atoms with van der Waals surface area (Å²) in [5.41, 5.74) is 1.09. The molecule has 1 aliphatic heterocycles. The summed E-state index contributed by atoms with van der Waals surface area (Å²) in [5, 5.41) is 6.51. The molecule has 2 aromatic rings. The third-order valence-corrected chi connectivity index (χ3v) is 3.37. The molecule has 0 bridgehead atoms. The number of methoxy groups -OCH3 is 1. The number of hydrogen-bond acceptors (Lipinski definition) is 7. The summed E-state index contributed by atoms with van der Waals surface area (Å²) in [4.78, 5) is 8.22. The lowest BCUT2D eigenvalue weighted by atomic mass is 10.1. The van der Waals surface area contributed by atoms with Gasteiger partial charge in [-0.3, -0.25) is 0 Å². The Morgan fingerprint density at radius 1 is 1.13 bits per heavy atom. The summed E-state index contributed by atoms with van der Waals surface area (Å²) in [7, 11) is 1.63. The van der Waals surface area contributed by atoms with E-state index in [0.717, 1.165) is 24.4 Å². The van der Waals surface area contributed by atoms with Crippen LogP contribution in [-0.4, -0.2) is 43.4 Å². The smallest absolute Gasteiger partial charge is 0.222 e. The highest BCUT2D eigenvalue weighted by Crippen LogP contribution is 2.40. The summed E-state index contributed by atoms with van der Waals surface area (Å²) >= 11 is 0. The van der Waals surface area contributed by atoms with Crippen molar-refractivity contribution in [1.82, 2.24) is 15.3 Å². The van der Waals surface area contributed by atoms with Crippen molar-refractivity contribution < 1.29 is 14.2 Å². The first-order chi connectivity index (χ1) is 11.4. The molecule has 1 aliphatic rings. The van der Waals surface area contributed by atoms with E-state index >= 15 is 0 Å². The predicted octanol–water partition coefficient (Wildman–Crippen LogP) is 1.46. The second kappa shape index (κ2) is 7.64. The average molecular weight is 316 g/mol. The number of nitrogens with one attached hydrogen (secondary N) is 2. The Balaban J connectivity index is 1.50. The fraction of sp³-hybridized carbons (Fsp3) is 0.375. The van der Waals surface area contributed by atoms with Crippen molar-refractivity contribution in [2.75, 3.05) is 38.7 Å². The first-order valence-electron chi connectivity index (χ1n) is 7.55. The Labute approximate surface area is 135 Å². The minimum Gasteiger partial charge on any atom is -0.493 e. The lowest BCUT2D eigenvalue weighted by Gasteiger charge is -2.21. The molecular weight excluding hydrogens is 296 g/mol. The maximum atomic E-state index is 5.63. The van der Waals surface area contributed by atoms with E-state index in [-0.39, 0.29) is 0 Å². The molecule has 0 radical (unpaired) electrons. The van der Waals surface area contributed by atoms with E-state index in [2.05, 4.69) is 20.6 Å². The standard InChI is InChI=1S/C16H20N4O3/c1-21-13-9-12(10-14-15(13)23-8-7-22-14)11-17-5-6-20-16-18-3-2-4-19-16/h2-4,9-10,17H,5-8,11H2,1H3,(H,18,19,20). The van der Waals surface area contributed by atoms with Gasteiger partial charge < -0.3 is 24.8 Å². The fourth-order valence-corrected chi connectivity index (χ4v) is 2.32. The second-order valence-corrected chi connectivity index (χ2v) is 5.00. The molecule has 7 nitrogen and oxygen atoms in total. The van der Waals surface area contributed by atoms with Crippen LogP contribution < -0.4 is 24.8 Å². The molecular formula is C16H20N4O3. The number of benzene rings is 1. The summed E-state index contributed by atoms with van der Waals surface area (Å²) < 4.78 is 16.6. The van der Waals surface area contributed by atoms with Crippen LogP contribution in [0, 0.1) is 0 Å². The molecule has 0 saturated heterocycles. The predicted molar refractivity (Wildman–Crippen MR) is 86.2 cm³/mol. The van der Waals surface area contributed by atoms with Gasteiger partial charge in [-0.15, -0.1) is 0 Å². The lowest BCUT2D eigenvalue weighted by Crippen LogP contribution is -2.22. The molecule has 0 atom stereocenters. The Bertz CT molecular complexity index is 619. The van der Waals surface area contributed by atoms with E-state index in [9.17, 15) is 0 Å². The number of ether oxygens (including phenoxy) is 3. The summed E-state index contributed by atoms with van der Waals surface area (Å²) in [6, 6.07) is 5.74. The maximum absolute atomic E-state index is 5.63. The summed E-state index contributed by atoms with van der Waals surface area (Å²) in [5.74, 6) is 2.76. The summed E-state index contributed by atoms with van der Waals surface area (Å²) in [6.45, 7) is 3.35. The first-order valence-corrected chi connectivity index (χ1v) is 7.55. The van der Waals surface area contributed by atoms with Crippen molar-refractivity contribution in [1.29, 1.82) is 0 Å². The molecule has 0 unspecified atom stereocenters. The number of fused-ring (bicyclic) bond motifs is 1. The van der Waals surface area contributed by atoms with Gasteiger partial charge in [-0.1, -0.05) is 0 Å². The Kier molecular flexibility index (Phi) is 5.10. The second-order valence-electron chi connectivity index (χ2n) is 5.00. The highest BCUT2D eigenvalue weighted by atomic mass is 16.6. The topological polar surface area (TPSA) is 77.5 Å². The largest absolute Gasteiger partial charge is 0.493 e. The molecule has 122 valence electrons. The number of aromatic nitrogens is 2. The Hall–Kier alpha value is -2.54.